The summed E-state index contributed by atoms with van der Waals surface area (Å²) in [5.74, 6) is 0.128. The molecule has 6 aromatic rings. The largest absolute Gasteiger partial charge is 0.436 e. The number of pyridine rings is 1. The molecule has 0 N–H and O–H groups in total. The number of amides is 1. The summed E-state index contributed by atoms with van der Waals surface area (Å²) < 4.78 is 59.0. The Morgan fingerprint density at radius 3 is 2.39 bits per heavy atom. The van der Waals surface area contributed by atoms with Crippen molar-refractivity contribution in [1.82, 2.24) is 49.5 Å². The Labute approximate surface area is 257 Å². The molecule has 1 unspecified atom stereocenters. The van der Waals surface area contributed by atoms with Gasteiger partial charge in [0.05, 0.1) is 18.1 Å². The Balaban J connectivity index is 1.07. The second kappa shape index (κ2) is 12.1. The summed E-state index contributed by atoms with van der Waals surface area (Å²) in [6, 6.07) is 17.1. The van der Waals surface area contributed by atoms with Crippen molar-refractivity contribution >= 4 is 17.0 Å². The molecule has 2 aromatic carbocycles. The van der Waals surface area contributed by atoms with Crippen LogP contribution < -0.4 is 0 Å². The Hall–Kier alpha value is -5.51. The van der Waals surface area contributed by atoms with Crippen molar-refractivity contribution in [2.45, 2.75) is 19.1 Å². The topological polar surface area (TPSA) is 124 Å². The standard InChI is InChI=1S/C30H24F4N10O2/c31-29(32)43-16-23(36-17-43)19-6-7-24-21(14-19)37-27(46-24)20-8-9-35-22(15-20)28(45)42-12-10-41(11-13-42)25(18-4-2-1-3-5-18)26-38-40-44(39-26)30(33)34/h1-9,14-17,25,29-30H,10-13H2. The highest BCUT2D eigenvalue weighted by Gasteiger charge is 2.32. The summed E-state index contributed by atoms with van der Waals surface area (Å²) in [6.45, 7) is -4.04. The lowest BCUT2D eigenvalue weighted by molar-refractivity contribution is 0.0385. The smallest absolute Gasteiger partial charge is 0.350 e. The van der Waals surface area contributed by atoms with Gasteiger partial charge >= 0.3 is 13.1 Å². The van der Waals surface area contributed by atoms with Gasteiger partial charge in [-0.15, -0.1) is 10.2 Å². The maximum Gasteiger partial charge on any atom is 0.350 e. The molecule has 16 heteroatoms. The van der Waals surface area contributed by atoms with E-state index in [1.807, 2.05) is 35.2 Å². The number of carbonyl (C=O) groups is 1. The number of fused-ring (bicyclic) bond motifs is 1. The molecule has 1 saturated heterocycles. The maximum atomic E-state index is 13.5. The zero-order valence-electron chi connectivity index (χ0n) is 23.9. The first kappa shape index (κ1) is 29.2. The van der Waals surface area contributed by atoms with Crippen LogP contribution in [0.1, 0.15) is 41.0 Å². The van der Waals surface area contributed by atoms with E-state index >= 15 is 0 Å². The third-order valence-electron chi connectivity index (χ3n) is 7.68. The van der Waals surface area contributed by atoms with Crippen LogP contribution in [0.3, 0.4) is 0 Å². The number of hydrogen-bond donors (Lipinski definition) is 0. The number of imidazole rings is 1. The van der Waals surface area contributed by atoms with E-state index in [0.29, 0.717) is 58.7 Å². The van der Waals surface area contributed by atoms with Crippen molar-refractivity contribution in [1.29, 1.82) is 0 Å². The van der Waals surface area contributed by atoms with E-state index in [1.54, 1.807) is 35.2 Å². The molecule has 4 aromatic heterocycles. The molecule has 0 aliphatic carbocycles. The summed E-state index contributed by atoms with van der Waals surface area (Å²) in [4.78, 5) is 30.4. The molecule has 1 fully saturated rings. The highest BCUT2D eigenvalue weighted by Crippen LogP contribution is 2.30. The first-order valence-corrected chi connectivity index (χ1v) is 14.2. The molecular formula is C30H24F4N10O2. The highest BCUT2D eigenvalue weighted by molar-refractivity contribution is 5.93. The maximum absolute atomic E-state index is 13.5. The van der Waals surface area contributed by atoms with Crippen molar-refractivity contribution in [3.05, 3.63) is 96.5 Å². The van der Waals surface area contributed by atoms with Crippen LogP contribution in [0.25, 0.3) is 33.8 Å². The van der Waals surface area contributed by atoms with Crippen LogP contribution in [0.5, 0.6) is 0 Å². The van der Waals surface area contributed by atoms with Gasteiger partial charge in [-0.2, -0.15) is 17.6 Å². The lowest BCUT2D eigenvalue weighted by Gasteiger charge is -2.38. The Bertz CT molecular complexity index is 1990. The molecule has 1 aliphatic heterocycles. The third-order valence-corrected chi connectivity index (χ3v) is 7.68. The third kappa shape index (κ3) is 5.69. The fourth-order valence-corrected chi connectivity index (χ4v) is 5.42. The Morgan fingerprint density at radius 2 is 1.67 bits per heavy atom. The Kier molecular flexibility index (Phi) is 7.69. The monoisotopic (exact) mass is 632 g/mol. The number of hydrogen-bond acceptors (Lipinski definition) is 9. The van der Waals surface area contributed by atoms with Gasteiger partial charge in [-0.25, -0.2) is 9.97 Å². The van der Waals surface area contributed by atoms with Crippen molar-refractivity contribution < 1.29 is 26.8 Å². The van der Waals surface area contributed by atoms with Gasteiger partial charge in [0, 0.05) is 49.7 Å². The summed E-state index contributed by atoms with van der Waals surface area (Å²) in [7, 11) is 0. The lowest BCUT2D eigenvalue weighted by atomic mass is 10.0. The predicted octanol–water partition coefficient (Wildman–Crippen LogP) is 5.08. The fourth-order valence-electron chi connectivity index (χ4n) is 5.42. The van der Waals surface area contributed by atoms with Gasteiger partial charge in [0.1, 0.15) is 11.2 Å². The Morgan fingerprint density at radius 1 is 0.870 bits per heavy atom. The minimum Gasteiger partial charge on any atom is -0.436 e. The summed E-state index contributed by atoms with van der Waals surface area (Å²) in [5.41, 5.74) is 3.50. The van der Waals surface area contributed by atoms with E-state index in [1.165, 1.54) is 12.4 Å². The number of rotatable bonds is 8. The first-order chi connectivity index (χ1) is 22.3. The van der Waals surface area contributed by atoms with Gasteiger partial charge in [0.25, 0.3) is 5.91 Å². The zero-order valence-corrected chi connectivity index (χ0v) is 23.9. The SMILES string of the molecule is O=C(c1cc(-c2nc3cc(-c4cn(C(F)F)cn4)ccc3o2)ccn1)N1CCN(C(c2ccccc2)c2nnn(C(F)F)n2)CC1. The van der Waals surface area contributed by atoms with Crippen LogP contribution in [-0.2, 0) is 0 Å². The number of carbonyl (C=O) groups excluding carboxylic acids is 1. The number of halogens is 4. The normalized spacial score (nSPS) is 14.9. The molecule has 12 nitrogen and oxygen atoms in total. The molecule has 0 radical (unpaired) electrons. The van der Waals surface area contributed by atoms with Crippen molar-refractivity contribution in [2.75, 3.05) is 26.2 Å². The second-order valence-electron chi connectivity index (χ2n) is 10.5. The van der Waals surface area contributed by atoms with Crippen LogP contribution in [-0.4, -0.2) is 81.6 Å². The molecule has 0 bridgehead atoms. The minimum absolute atomic E-state index is 0.147. The van der Waals surface area contributed by atoms with Gasteiger partial charge in [0.15, 0.2) is 11.4 Å². The number of piperazine rings is 1. The van der Waals surface area contributed by atoms with Crippen LogP contribution in [0, 0.1) is 0 Å². The summed E-state index contributed by atoms with van der Waals surface area (Å²) in [5, 5.41) is 11.3. The van der Waals surface area contributed by atoms with Crippen LogP contribution in [0.4, 0.5) is 17.6 Å². The van der Waals surface area contributed by atoms with E-state index in [2.05, 4.69) is 30.4 Å². The van der Waals surface area contributed by atoms with Crippen molar-refractivity contribution in [2.24, 2.45) is 0 Å². The zero-order chi connectivity index (χ0) is 31.8. The molecular weight excluding hydrogens is 608 g/mol. The predicted molar refractivity (Wildman–Crippen MR) is 155 cm³/mol. The van der Waals surface area contributed by atoms with E-state index in [9.17, 15) is 22.4 Å². The molecule has 234 valence electrons. The fraction of sp³-hybridized carbons (Fsp3) is 0.233. The van der Waals surface area contributed by atoms with Gasteiger partial charge in [-0.05, 0) is 41.1 Å². The van der Waals surface area contributed by atoms with Gasteiger partial charge < -0.3 is 9.32 Å². The molecule has 5 heterocycles. The van der Waals surface area contributed by atoms with Crippen molar-refractivity contribution in [3.63, 3.8) is 0 Å². The van der Waals surface area contributed by atoms with E-state index in [0.717, 1.165) is 11.9 Å². The molecule has 1 atom stereocenters. The van der Waals surface area contributed by atoms with Crippen LogP contribution in [0.2, 0.25) is 0 Å². The molecule has 7 rings (SSSR count). The van der Waals surface area contributed by atoms with Crippen molar-refractivity contribution in [3.8, 4) is 22.7 Å². The highest BCUT2D eigenvalue weighted by atomic mass is 19.3. The number of nitrogens with zero attached hydrogens (tertiary/aromatic N) is 10. The van der Waals surface area contributed by atoms with E-state index in [-0.39, 0.29) is 28.1 Å². The summed E-state index contributed by atoms with van der Waals surface area (Å²) in [6.07, 6.45) is 3.82. The van der Waals surface area contributed by atoms with Gasteiger partial charge in [-0.3, -0.25) is 19.2 Å². The molecule has 1 aliphatic rings. The quantitative estimate of drug-likeness (QED) is 0.212. The average molecular weight is 633 g/mol. The van der Waals surface area contributed by atoms with E-state index < -0.39 is 19.1 Å². The first-order valence-electron chi connectivity index (χ1n) is 14.2. The lowest BCUT2D eigenvalue weighted by Crippen LogP contribution is -2.50. The molecule has 1 amide bonds. The molecule has 0 spiro atoms. The molecule has 46 heavy (non-hydrogen) atoms. The number of tetrazole rings is 1. The number of aromatic nitrogens is 8. The van der Waals surface area contributed by atoms with Gasteiger partial charge in [-0.1, -0.05) is 35.1 Å². The number of alkyl halides is 4. The van der Waals surface area contributed by atoms with Crippen LogP contribution >= 0.6 is 0 Å². The molecule has 0 saturated carbocycles. The van der Waals surface area contributed by atoms with Gasteiger partial charge in [0.2, 0.25) is 5.89 Å². The van der Waals surface area contributed by atoms with Crippen LogP contribution in [0.15, 0.2) is 83.8 Å². The number of oxazole rings is 1. The minimum atomic E-state index is -2.91. The van der Waals surface area contributed by atoms with E-state index in [4.69, 9.17) is 4.42 Å². The summed E-state index contributed by atoms with van der Waals surface area (Å²) >= 11 is 0. The average Bonchev–Trinajstić information content (AvgIpc) is 3.86. The second-order valence-corrected chi connectivity index (χ2v) is 10.5. The number of benzene rings is 2.